The number of hydrogen-bond donors (Lipinski definition) is 3. The van der Waals surface area contributed by atoms with Crippen molar-refractivity contribution in [1.29, 1.82) is 0 Å². The highest BCUT2D eigenvalue weighted by atomic mass is 31.2. The first-order valence-corrected chi connectivity index (χ1v) is 15.4. The third-order valence-electron chi connectivity index (χ3n) is 6.52. The lowest BCUT2D eigenvalue weighted by Gasteiger charge is -2.24. The minimum absolute atomic E-state index is 0.0311. The van der Waals surface area contributed by atoms with E-state index in [-0.39, 0.29) is 25.7 Å². The molecule has 9 heteroatoms. The molecule has 42 heavy (non-hydrogen) atoms. The van der Waals surface area contributed by atoms with E-state index in [1.165, 1.54) is 0 Å². The molecular weight excluding hydrogens is 551 g/mol. The Bertz CT molecular complexity index is 1460. The lowest BCUT2D eigenvalue weighted by Crippen LogP contribution is -2.46. The van der Waals surface area contributed by atoms with E-state index >= 15 is 0 Å². The molecule has 0 spiro atoms. The van der Waals surface area contributed by atoms with Crippen molar-refractivity contribution in [2.24, 2.45) is 0 Å². The van der Waals surface area contributed by atoms with Crippen LogP contribution < -0.4 is 19.7 Å². The standard InChI is InChI=1S/C33H35N2O6P/c1-24-8-16-29(17-9-24)40-42(39,41-30-18-10-25(2)11-19-30)23-35-31(33(38)34-21-20-32(36)37)22-26-12-14-28(15-13-26)27-6-4-3-5-7-27/h3-19,31,35H,20-23H2,1-2H3,(H,34,38)(H,36,37)/t31-/m0/s1. The smallest absolute Gasteiger partial charge is 0.444 e. The Morgan fingerprint density at radius 3 is 1.81 bits per heavy atom. The molecule has 0 unspecified atom stereocenters. The van der Waals surface area contributed by atoms with E-state index in [0.717, 1.165) is 27.8 Å². The first kappa shape index (κ1) is 30.6. The van der Waals surface area contributed by atoms with Crippen LogP contribution in [0.5, 0.6) is 11.5 Å². The molecule has 0 aromatic heterocycles. The molecule has 1 atom stereocenters. The van der Waals surface area contributed by atoms with E-state index in [9.17, 15) is 14.2 Å². The van der Waals surface area contributed by atoms with Crippen LogP contribution >= 0.6 is 7.60 Å². The Balaban J connectivity index is 1.54. The van der Waals surface area contributed by atoms with Gasteiger partial charge in [0.2, 0.25) is 5.91 Å². The first-order valence-electron chi connectivity index (χ1n) is 13.7. The van der Waals surface area contributed by atoms with Gasteiger partial charge in [0.05, 0.1) is 12.5 Å². The highest BCUT2D eigenvalue weighted by Crippen LogP contribution is 2.47. The summed E-state index contributed by atoms with van der Waals surface area (Å²) < 4.78 is 25.9. The highest BCUT2D eigenvalue weighted by Gasteiger charge is 2.31. The second kappa shape index (κ2) is 14.5. The minimum Gasteiger partial charge on any atom is -0.481 e. The van der Waals surface area contributed by atoms with Gasteiger partial charge in [-0.3, -0.25) is 14.9 Å². The van der Waals surface area contributed by atoms with Crippen molar-refractivity contribution in [1.82, 2.24) is 10.6 Å². The molecule has 0 radical (unpaired) electrons. The lowest BCUT2D eigenvalue weighted by atomic mass is 10.0. The third kappa shape index (κ3) is 9.33. The van der Waals surface area contributed by atoms with E-state index in [2.05, 4.69) is 10.6 Å². The van der Waals surface area contributed by atoms with Gasteiger partial charge < -0.3 is 19.5 Å². The lowest BCUT2D eigenvalue weighted by molar-refractivity contribution is -0.137. The van der Waals surface area contributed by atoms with Crippen LogP contribution in [-0.4, -0.2) is 35.9 Å². The number of benzene rings is 4. The highest BCUT2D eigenvalue weighted by molar-refractivity contribution is 7.54. The third-order valence-corrected chi connectivity index (χ3v) is 8.07. The maximum atomic E-state index is 14.1. The zero-order chi connectivity index (χ0) is 30.0. The van der Waals surface area contributed by atoms with Crippen LogP contribution in [0.25, 0.3) is 11.1 Å². The van der Waals surface area contributed by atoms with Crippen molar-refractivity contribution in [2.75, 3.05) is 12.8 Å². The summed E-state index contributed by atoms with van der Waals surface area (Å²) in [5.74, 6) is -0.687. The van der Waals surface area contributed by atoms with E-state index in [1.54, 1.807) is 24.3 Å². The molecule has 0 fully saturated rings. The number of carboxylic acids is 1. The fraction of sp³-hybridized carbons (Fsp3) is 0.212. The van der Waals surface area contributed by atoms with Crippen LogP contribution in [0.2, 0.25) is 0 Å². The fourth-order valence-electron chi connectivity index (χ4n) is 4.20. The number of carbonyl (C=O) groups is 2. The predicted molar refractivity (Wildman–Crippen MR) is 164 cm³/mol. The average Bonchev–Trinajstić information content (AvgIpc) is 2.98. The molecule has 8 nitrogen and oxygen atoms in total. The molecular formula is C33H35N2O6P. The van der Waals surface area contributed by atoms with Gasteiger partial charge in [-0.25, -0.2) is 4.57 Å². The van der Waals surface area contributed by atoms with Gasteiger partial charge in [-0.15, -0.1) is 0 Å². The number of carboxylic acid groups (broad SMARTS) is 1. The van der Waals surface area contributed by atoms with Crippen molar-refractivity contribution < 1.29 is 28.3 Å². The predicted octanol–water partition coefficient (Wildman–Crippen LogP) is 6.37. The molecule has 0 heterocycles. The summed E-state index contributed by atoms with van der Waals surface area (Å²) in [7, 11) is -3.87. The Hall–Kier alpha value is -4.39. The SMILES string of the molecule is Cc1ccc(OP(=O)(CN[C@@H](Cc2ccc(-c3ccccc3)cc2)C(=O)NCCC(=O)O)Oc2ccc(C)cc2)cc1. The van der Waals surface area contributed by atoms with E-state index in [0.29, 0.717) is 11.5 Å². The van der Waals surface area contributed by atoms with Crippen LogP contribution in [0.1, 0.15) is 23.1 Å². The van der Waals surface area contributed by atoms with Gasteiger partial charge in [-0.2, -0.15) is 0 Å². The van der Waals surface area contributed by atoms with Gasteiger partial charge in [-0.1, -0.05) is 90.0 Å². The monoisotopic (exact) mass is 586 g/mol. The summed E-state index contributed by atoms with van der Waals surface area (Å²) in [4.78, 5) is 24.2. The first-order chi connectivity index (χ1) is 20.2. The maximum absolute atomic E-state index is 14.1. The number of aliphatic carboxylic acids is 1. The van der Waals surface area contributed by atoms with Gasteiger partial charge in [0.25, 0.3) is 0 Å². The Morgan fingerprint density at radius 2 is 1.29 bits per heavy atom. The second-order valence-corrected chi connectivity index (χ2v) is 11.9. The number of carbonyl (C=O) groups excluding carboxylic acids is 1. The average molecular weight is 587 g/mol. The molecule has 3 N–H and O–H groups in total. The number of amides is 1. The fourth-order valence-corrected chi connectivity index (χ4v) is 5.69. The maximum Gasteiger partial charge on any atom is 0.444 e. The summed E-state index contributed by atoms with van der Waals surface area (Å²) in [6.45, 7) is 3.85. The summed E-state index contributed by atoms with van der Waals surface area (Å²) in [5.41, 5.74) is 5.02. The van der Waals surface area contributed by atoms with Gasteiger partial charge >= 0.3 is 13.6 Å². The van der Waals surface area contributed by atoms with E-state index in [4.69, 9.17) is 14.2 Å². The molecule has 0 aliphatic heterocycles. The quantitative estimate of drug-likeness (QED) is 0.147. The van der Waals surface area contributed by atoms with E-state index in [1.807, 2.05) is 92.7 Å². The molecule has 0 aliphatic carbocycles. The molecule has 218 valence electrons. The van der Waals surface area contributed by atoms with Crippen LogP contribution in [0, 0.1) is 13.8 Å². The zero-order valence-electron chi connectivity index (χ0n) is 23.7. The molecule has 0 saturated heterocycles. The molecule has 0 bridgehead atoms. The Labute approximate surface area is 246 Å². The minimum atomic E-state index is -3.87. The molecule has 1 amide bonds. The largest absolute Gasteiger partial charge is 0.481 e. The van der Waals surface area contributed by atoms with E-state index < -0.39 is 25.5 Å². The van der Waals surface area contributed by atoms with Crippen molar-refractivity contribution in [3.05, 3.63) is 120 Å². The molecule has 0 aliphatic rings. The normalized spacial score (nSPS) is 11.9. The number of rotatable bonds is 14. The zero-order valence-corrected chi connectivity index (χ0v) is 24.6. The number of hydrogen-bond acceptors (Lipinski definition) is 6. The number of nitrogens with one attached hydrogen (secondary N) is 2. The van der Waals surface area contributed by atoms with Crippen molar-refractivity contribution >= 4 is 19.5 Å². The van der Waals surface area contributed by atoms with Crippen molar-refractivity contribution in [2.45, 2.75) is 32.7 Å². The molecule has 0 saturated carbocycles. The van der Waals surface area contributed by atoms with Gasteiger partial charge in [-0.05, 0) is 61.2 Å². The van der Waals surface area contributed by atoms with Gasteiger partial charge in [0.15, 0.2) is 0 Å². The molecule has 4 rings (SSSR count). The van der Waals surface area contributed by atoms with Gasteiger partial charge in [0.1, 0.15) is 17.8 Å². The summed E-state index contributed by atoms with van der Waals surface area (Å²) in [6, 6.07) is 31.2. The van der Waals surface area contributed by atoms with Crippen LogP contribution in [0.3, 0.4) is 0 Å². The van der Waals surface area contributed by atoms with Crippen molar-refractivity contribution in [3.8, 4) is 22.6 Å². The molecule has 4 aromatic rings. The van der Waals surface area contributed by atoms with Crippen LogP contribution in [0.4, 0.5) is 0 Å². The Morgan fingerprint density at radius 1 is 0.762 bits per heavy atom. The summed E-state index contributed by atoms with van der Waals surface area (Å²) in [6.07, 6.45) is -0.216. The number of aryl methyl sites for hydroxylation is 2. The molecule has 4 aromatic carbocycles. The summed E-state index contributed by atoms with van der Waals surface area (Å²) in [5, 5.41) is 14.8. The van der Waals surface area contributed by atoms with Crippen molar-refractivity contribution in [3.63, 3.8) is 0 Å². The van der Waals surface area contributed by atoms with Crippen LogP contribution in [0.15, 0.2) is 103 Å². The summed E-state index contributed by atoms with van der Waals surface area (Å²) >= 11 is 0. The van der Waals surface area contributed by atoms with Crippen LogP contribution in [-0.2, 0) is 20.6 Å². The second-order valence-electron chi connectivity index (χ2n) is 10.0. The Kier molecular flexibility index (Phi) is 10.5. The topological polar surface area (TPSA) is 114 Å². The van der Waals surface area contributed by atoms with Gasteiger partial charge in [0, 0.05) is 6.54 Å².